The average molecular weight is 567 g/mol. The number of allylic oxidation sites excluding steroid dienone is 1. The first-order valence-corrected chi connectivity index (χ1v) is 15.5. The highest BCUT2D eigenvalue weighted by molar-refractivity contribution is 6.16. The summed E-state index contributed by atoms with van der Waals surface area (Å²) >= 11 is 0. The molecule has 2 unspecified atom stereocenters. The van der Waals surface area contributed by atoms with E-state index in [1.807, 2.05) is 24.5 Å². The van der Waals surface area contributed by atoms with Crippen molar-refractivity contribution in [2.75, 3.05) is 0 Å². The van der Waals surface area contributed by atoms with Crippen LogP contribution < -0.4 is 0 Å². The maximum Gasteiger partial charge on any atom is 0.0978 e. The fourth-order valence-corrected chi connectivity index (χ4v) is 7.45. The average Bonchev–Trinajstić information content (AvgIpc) is 3.07. The van der Waals surface area contributed by atoms with E-state index in [1.54, 1.807) is 0 Å². The summed E-state index contributed by atoms with van der Waals surface area (Å²) in [6, 6.07) is 30.4. The third kappa shape index (κ3) is 3.77. The Morgan fingerprint density at radius 2 is 1.41 bits per heavy atom. The van der Waals surface area contributed by atoms with Crippen LogP contribution in [-0.2, 0) is 12.8 Å². The second kappa shape index (κ2) is 9.65. The van der Waals surface area contributed by atoms with Crippen molar-refractivity contribution in [1.29, 1.82) is 0 Å². The summed E-state index contributed by atoms with van der Waals surface area (Å²) in [4.78, 5) is 19.9. The summed E-state index contributed by atoms with van der Waals surface area (Å²) in [6.07, 6.45) is 10.2. The largest absolute Gasteiger partial charge is 0.254 e. The van der Waals surface area contributed by atoms with E-state index in [0.29, 0.717) is 11.8 Å². The summed E-state index contributed by atoms with van der Waals surface area (Å²) in [5.74, 6) is 0.864. The fourth-order valence-electron chi connectivity index (χ4n) is 7.45. The molecule has 0 amide bonds. The molecule has 7 aromatic rings. The molecule has 44 heavy (non-hydrogen) atoms. The van der Waals surface area contributed by atoms with Crippen LogP contribution in [0.2, 0.25) is 0 Å². The molecule has 9 rings (SSSR count). The first-order chi connectivity index (χ1) is 21.6. The molecule has 4 heteroatoms. The lowest BCUT2D eigenvalue weighted by Crippen LogP contribution is -2.17. The number of fused-ring (bicyclic) bond motifs is 8. The molecular formula is C40H30N4. The van der Waals surface area contributed by atoms with E-state index >= 15 is 0 Å². The minimum atomic E-state index is 0.388. The van der Waals surface area contributed by atoms with Gasteiger partial charge in [0, 0.05) is 34.1 Å². The molecule has 2 aliphatic carbocycles. The third-order valence-corrected chi connectivity index (χ3v) is 9.53. The number of nitrogens with zero attached hydrogens (tertiary/aromatic N) is 4. The van der Waals surface area contributed by atoms with Crippen molar-refractivity contribution in [3.05, 3.63) is 126 Å². The predicted octanol–water partition coefficient (Wildman–Crippen LogP) is 9.59. The number of rotatable bonds is 2. The van der Waals surface area contributed by atoms with E-state index in [2.05, 4.69) is 98.8 Å². The topological polar surface area (TPSA) is 51.6 Å². The summed E-state index contributed by atoms with van der Waals surface area (Å²) in [5.41, 5.74) is 15.0. The van der Waals surface area contributed by atoms with Gasteiger partial charge in [0.1, 0.15) is 0 Å². The van der Waals surface area contributed by atoms with Crippen LogP contribution in [0.3, 0.4) is 0 Å². The molecular weight excluding hydrogens is 536 g/mol. The van der Waals surface area contributed by atoms with E-state index in [1.165, 1.54) is 38.9 Å². The van der Waals surface area contributed by atoms with Crippen LogP contribution in [0.5, 0.6) is 0 Å². The van der Waals surface area contributed by atoms with Gasteiger partial charge < -0.3 is 0 Å². The van der Waals surface area contributed by atoms with Gasteiger partial charge in [-0.3, -0.25) is 9.97 Å². The summed E-state index contributed by atoms with van der Waals surface area (Å²) in [5, 5.41) is 3.37. The quantitative estimate of drug-likeness (QED) is 0.154. The maximum atomic E-state index is 5.25. The van der Waals surface area contributed by atoms with Crippen LogP contribution in [-0.4, -0.2) is 19.9 Å². The van der Waals surface area contributed by atoms with Crippen molar-refractivity contribution in [2.24, 2.45) is 5.92 Å². The molecule has 0 bridgehead atoms. The number of hydrogen-bond acceptors (Lipinski definition) is 4. The molecule has 0 saturated carbocycles. The molecule has 4 nitrogen and oxygen atoms in total. The monoisotopic (exact) mass is 566 g/mol. The lowest BCUT2D eigenvalue weighted by molar-refractivity contribution is 0.703. The molecule has 0 N–H and O–H groups in total. The van der Waals surface area contributed by atoms with Gasteiger partial charge in [-0.25, -0.2) is 9.97 Å². The van der Waals surface area contributed by atoms with Crippen LogP contribution in [0.25, 0.3) is 72.4 Å². The zero-order valence-corrected chi connectivity index (χ0v) is 24.8. The molecule has 4 heterocycles. The second-order valence-electron chi connectivity index (χ2n) is 12.4. The maximum absolute atomic E-state index is 5.25. The standard InChI is InChI=1S/C40H30N4/c1-23-11-18-34-31(21-23)36(32-22-24(2)28-9-6-20-42-38(28)40(32)44-34)26-14-12-25(13-15-26)35-29-8-3-4-10-33(29)43-39-30(35)17-16-27-7-5-19-41-37(27)39/h3-20,23-24H,21-22H2,1-2H3. The Bertz CT molecular complexity index is 2320. The minimum absolute atomic E-state index is 0.388. The van der Waals surface area contributed by atoms with Gasteiger partial charge in [-0.1, -0.05) is 86.7 Å². The molecule has 0 aliphatic heterocycles. The molecule has 2 atom stereocenters. The summed E-state index contributed by atoms with van der Waals surface area (Å²) in [6.45, 7) is 4.61. The van der Waals surface area contributed by atoms with Gasteiger partial charge in [0.2, 0.25) is 0 Å². The Balaban J connectivity index is 1.27. The predicted molar refractivity (Wildman–Crippen MR) is 180 cm³/mol. The molecule has 0 fully saturated rings. The van der Waals surface area contributed by atoms with Gasteiger partial charge in [-0.05, 0) is 82.3 Å². The van der Waals surface area contributed by atoms with E-state index in [9.17, 15) is 0 Å². The minimum Gasteiger partial charge on any atom is -0.254 e. The van der Waals surface area contributed by atoms with Crippen LogP contribution in [0.4, 0.5) is 0 Å². The first kappa shape index (κ1) is 25.3. The molecule has 0 saturated heterocycles. The molecule has 3 aromatic carbocycles. The molecule has 2 aliphatic rings. The van der Waals surface area contributed by atoms with Crippen LogP contribution in [0.1, 0.15) is 42.1 Å². The molecule has 210 valence electrons. The van der Waals surface area contributed by atoms with E-state index in [0.717, 1.165) is 62.6 Å². The van der Waals surface area contributed by atoms with Crippen LogP contribution in [0.15, 0.2) is 103 Å². The fraction of sp³-hybridized carbons (Fsp3) is 0.150. The van der Waals surface area contributed by atoms with E-state index in [-0.39, 0.29) is 0 Å². The Morgan fingerprint density at radius 1 is 0.614 bits per heavy atom. The highest BCUT2D eigenvalue weighted by atomic mass is 14.8. The third-order valence-electron chi connectivity index (χ3n) is 9.53. The number of benzene rings is 3. The van der Waals surface area contributed by atoms with Gasteiger partial charge in [0.25, 0.3) is 0 Å². The van der Waals surface area contributed by atoms with Crippen molar-refractivity contribution >= 4 is 38.8 Å². The zero-order chi connectivity index (χ0) is 29.4. The molecule has 4 aromatic heterocycles. The Morgan fingerprint density at radius 3 is 2.30 bits per heavy atom. The van der Waals surface area contributed by atoms with Gasteiger partial charge in [0.05, 0.1) is 33.6 Å². The normalized spacial score (nSPS) is 17.0. The number of hydrogen-bond donors (Lipinski definition) is 0. The van der Waals surface area contributed by atoms with Crippen molar-refractivity contribution < 1.29 is 0 Å². The zero-order valence-electron chi connectivity index (χ0n) is 24.8. The van der Waals surface area contributed by atoms with Crippen molar-refractivity contribution in [3.63, 3.8) is 0 Å². The van der Waals surface area contributed by atoms with E-state index in [4.69, 9.17) is 19.9 Å². The highest BCUT2D eigenvalue weighted by Crippen LogP contribution is 2.46. The smallest absolute Gasteiger partial charge is 0.0978 e. The van der Waals surface area contributed by atoms with Crippen molar-refractivity contribution in [1.82, 2.24) is 19.9 Å². The Labute approximate surface area is 256 Å². The number of para-hydroxylation sites is 1. The molecule has 0 spiro atoms. The van der Waals surface area contributed by atoms with Crippen molar-refractivity contribution in [3.8, 4) is 33.6 Å². The Hall–Kier alpha value is -5.22. The number of pyridine rings is 4. The first-order valence-electron chi connectivity index (χ1n) is 15.5. The van der Waals surface area contributed by atoms with E-state index < -0.39 is 0 Å². The van der Waals surface area contributed by atoms with Crippen LogP contribution in [0, 0.1) is 5.92 Å². The lowest BCUT2D eigenvalue weighted by Gasteiger charge is -2.30. The summed E-state index contributed by atoms with van der Waals surface area (Å²) in [7, 11) is 0. The van der Waals surface area contributed by atoms with Gasteiger partial charge >= 0.3 is 0 Å². The summed E-state index contributed by atoms with van der Waals surface area (Å²) < 4.78 is 0. The van der Waals surface area contributed by atoms with Crippen LogP contribution >= 0.6 is 0 Å². The van der Waals surface area contributed by atoms with Crippen molar-refractivity contribution in [2.45, 2.75) is 32.6 Å². The lowest BCUT2D eigenvalue weighted by atomic mass is 9.77. The Kier molecular flexibility index (Phi) is 5.55. The second-order valence-corrected chi connectivity index (χ2v) is 12.4. The van der Waals surface area contributed by atoms with Gasteiger partial charge in [0.15, 0.2) is 0 Å². The SMILES string of the molecule is CC1C=Cc2nc3c(c(-c4ccc(-c5c6ccccc6nc6c5ccc5cccnc56)cc4)c2C1)CC(C)c1cccnc1-3. The highest BCUT2D eigenvalue weighted by Gasteiger charge is 2.30. The van der Waals surface area contributed by atoms with Gasteiger partial charge in [-0.2, -0.15) is 0 Å². The number of aromatic nitrogens is 4. The molecule has 0 radical (unpaired) electrons. The van der Waals surface area contributed by atoms with Gasteiger partial charge in [-0.15, -0.1) is 0 Å².